The second-order valence-corrected chi connectivity index (χ2v) is 8.91. The highest BCUT2D eigenvalue weighted by Gasteiger charge is 2.27. The molecule has 0 unspecified atom stereocenters. The van der Waals surface area contributed by atoms with Crippen LogP contribution in [0.25, 0.3) is 11.1 Å². The number of benzene rings is 2. The fraction of sp³-hybridized carbons (Fsp3) is 0.381. The first-order valence-electron chi connectivity index (χ1n) is 9.33. The minimum absolute atomic E-state index is 0.0160. The molecule has 0 spiro atoms. The van der Waals surface area contributed by atoms with E-state index in [0.29, 0.717) is 32.6 Å². The summed E-state index contributed by atoms with van der Waals surface area (Å²) in [6, 6.07) is 12.9. The minimum atomic E-state index is -3.60. The third-order valence-electron chi connectivity index (χ3n) is 5.12. The Bertz CT molecular complexity index is 972. The second kappa shape index (κ2) is 8.32. The van der Waals surface area contributed by atoms with Gasteiger partial charge in [-0.25, -0.2) is 8.42 Å². The summed E-state index contributed by atoms with van der Waals surface area (Å²) in [5.41, 5.74) is 2.83. The molecule has 0 bridgehead atoms. The van der Waals surface area contributed by atoms with Gasteiger partial charge in [-0.2, -0.15) is 4.31 Å². The summed E-state index contributed by atoms with van der Waals surface area (Å²) in [5.74, 6) is 0.742. The van der Waals surface area contributed by atoms with Crippen molar-refractivity contribution in [2.24, 2.45) is 0 Å². The lowest BCUT2D eigenvalue weighted by molar-refractivity contribution is -0.128. The van der Waals surface area contributed by atoms with E-state index in [1.54, 1.807) is 24.1 Å². The Hall–Kier alpha value is -2.38. The number of hydrogen-bond acceptors (Lipinski definition) is 4. The maximum atomic E-state index is 13.1. The van der Waals surface area contributed by atoms with E-state index in [0.717, 1.165) is 22.4 Å². The summed E-state index contributed by atoms with van der Waals surface area (Å²) < 4.78 is 33.0. The summed E-state index contributed by atoms with van der Waals surface area (Å²) in [5, 5.41) is 0. The van der Waals surface area contributed by atoms with Crippen molar-refractivity contribution in [1.29, 1.82) is 0 Å². The van der Waals surface area contributed by atoms with Crippen LogP contribution >= 0.6 is 0 Å². The maximum Gasteiger partial charge on any atom is 0.243 e. The fourth-order valence-corrected chi connectivity index (χ4v) is 5.06. The lowest BCUT2D eigenvalue weighted by Gasteiger charge is -2.21. The maximum absolute atomic E-state index is 13.1. The number of carbonyl (C=O) groups excluding carboxylic acids is 1. The van der Waals surface area contributed by atoms with Gasteiger partial charge in [-0.1, -0.05) is 18.2 Å². The first-order chi connectivity index (χ1) is 13.3. The number of sulfonamides is 1. The molecule has 1 amide bonds. The van der Waals surface area contributed by atoms with Crippen LogP contribution in [0.2, 0.25) is 0 Å². The van der Waals surface area contributed by atoms with Crippen molar-refractivity contribution in [3.05, 3.63) is 48.0 Å². The van der Waals surface area contributed by atoms with Gasteiger partial charge in [0.2, 0.25) is 15.9 Å². The zero-order chi connectivity index (χ0) is 20.3. The molecule has 1 aliphatic rings. The summed E-state index contributed by atoms with van der Waals surface area (Å²) in [6.45, 7) is 5.19. The van der Waals surface area contributed by atoms with Crippen molar-refractivity contribution in [3.63, 3.8) is 0 Å². The first-order valence-corrected chi connectivity index (χ1v) is 10.8. The Labute approximate surface area is 166 Å². The predicted molar refractivity (Wildman–Crippen MR) is 109 cm³/mol. The molecular formula is C21H26N2O4S. The highest BCUT2D eigenvalue weighted by atomic mass is 32.2. The second-order valence-electron chi connectivity index (χ2n) is 6.97. The highest BCUT2D eigenvalue weighted by Crippen LogP contribution is 2.29. The number of amides is 1. The summed E-state index contributed by atoms with van der Waals surface area (Å²) in [6.07, 6.45) is 0.639. The van der Waals surface area contributed by atoms with Gasteiger partial charge in [-0.3, -0.25) is 4.79 Å². The van der Waals surface area contributed by atoms with Gasteiger partial charge in [-0.05, 0) is 54.3 Å². The molecule has 1 fully saturated rings. The van der Waals surface area contributed by atoms with E-state index < -0.39 is 10.0 Å². The van der Waals surface area contributed by atoms with Crippen LogP contribution in [-0.4, -0.2) is 56.8 Å². The number of carbonyl (C=O) groups is 1. The zero-order valence-corrected chi connectivity index (χ0v) is 17.3. The molecule has 0 aliphatic carbocycles. The van der Waals surface area contributed by atoms with Gasteiger partial charge < -0.3 is 9.64 Å². The monoisotopic (exact) mass is 402 g/mol. The standard InChI is InChI=1S/C21H26N2O4S/c1-16-14-20(8-9-21(16)18-6-4-7-19(15-18)27-3)28(25,26)23-11-5-10-22(12-13-23)17(2)24/h4,6-9,14-15H,5,10-13H2,1-3H3. The Kier molecular flexibility index (Phi) is 6.05. The average Bonchev–Trinajstić information content (AvgIpc) is 2.95. The number of methoxy groups -OCH3 is 1. The normalized spacial score (nSPS) is 15.9. The topological polar surface area (TPSA) is 66.9 Å². The van der Waals surface area contributed by atoms with Crippen LogP contribution in [0.5, 0.6) is 5.75 Å². The molecule has 0 atom stereocenters. The molecule has 28 heavy (non-hydrogen) atoms. The zero-order valence-electron chi connectivity index (χ0n) is 16.5. The lowest BCUT2D eigenvalue weighted by atomic mass is 10.0. The number of aryl methyl sites for hydroxylation is 1. The molecule has 150 valence electrons. The molecule has 6 nitrogen and oxygen atoms in total. The van der Waals surface area contributed by atoms with Crippen LogP contribution in [-0.2, 0) is 14.8 Å². The van der Waals surface area contributed by atoms with Crippen molar-refractivity contribution in [2.75, 3.05) is 33.3 Å². The number of rotatable bonds is 4. The Morgan fingerprint density at radius 1 is 1.04 bits per heavy atom. The molecule has 2 aromatic rings. The van der Waals surface area contributed by atoms with E-state index in [1.165, 1.54) is 11.2 Å². The van der Waals surface area contributed by atoms with E-state index in [-0.39, 0.29) is 10.8 Å². The molecule has 1 saturated heterocycles. The molecule has 3 rings (SSSR count). The summed E-state index contributed by atoms with van der Waals surface area (Å²) >= 11 is 0. The van der Waals surface area contributed by atoms with Crippen molar-refractivity contribution < 1.29 is 17.9 Å². The van der Waals surface area contributed by atoms with Gasteiger partial charge in [0.1, 0.15) is 5.75 Å². The molecule has 7 heteroatoms. The Morgan fingerprint density at radius 2 is 1.82 bits per heavy atom. The molecule has 0 aromatic heterocycles. The van der Waals surface area contributed by atoms with Crippen molar-refractivity contribution in [3.8, 4) is 16.9 Å². The highest BCUT2D eigenvalue weighted by molar-refractivity contribution is 7.89. The molecular weight excluding hydrogens is 376 g/mol. The molecule has 1 aliphatic heterocycles. The molecule has 0 saturated carbocycles. The number of hydrogen-bond donors (Lipinski definition) is 0. The van der Waals surface area contributed by atoms with Crippen LogP contribution in [0.1, 0.15) is 18.9 Å². The van der Waals surface area contributed by atoms with Gasteiger partial charge in [-0.15, -0.1) is 0 Å². The van der Waals surface area contributed by atoms with Crippen molar-refractivity contribution >= 4 is 15.9 Å². The van der Waals surface area contributed by atoms with E-state index in [4.69, 9.17) is 4.74 Å². The van der Waals surface area contributed by atoms with Gasteiger partial charge >= 0.3 is 0 Å². The van der Waals surface area contributed by atoms with E-state index in [9.17, 15) is 13.2 Å². The third kappa shape index (κ3) is 4.20. The van der Waals surface area contributed by atoms with E-state index >= 15 is 0 Å². The van der Waals surface area contributed by atoms with Crippen LogP contribution in [0.3, 0.4) is 0 Å². The molecule has 0 N–H and O–H groups in total. The van der Waals surface area contributed by atoms with Crippen LogP contribution in [0.15, 0.2) is 47.4 Å². The van der Waals surface area contributed by atoms with Crippen molar-refractivity contribution in [1.82, 2.24) is 9.21 Å². The predicted octanol–water partition coefficient (Wildman–Crippen LogP) is 2.91. The quantitative estimate of drug-likeness (QED) is 0.789. The number of nitrogens with zero attached hydrogens (tertiary/aromatic N) is 2. The number of ether oxygens (including phenoxy) is 1. The summed E-state index contributed by atoms with van der Waals surface area (Å²) in [4.78, 5) is 13.6. The largest absolute Gasteiger partial charge is 0.497 e. The average molecular weight is 403 g/mol. The first kappa shape index (κ1) is 20.4. The third-order valence-corrected chi connectivity index (χ3v) is 7.01. The molecule has 2 aromatic carbocycles. The van der Waals surface area contributed by atoms with Crippen molar-refractivity contribution in [2.45, 2.75) is 25.2 Å². The minimum Gasteiger partial charge on any atom is -0.497 e. The fourth-order valence-electron chi connectivity index (χ4n) is 3.51. The molecule has 1 heterocycles. The Morgan fingerprint density at radius 3 is 2.50 bits per heavy atom. The smallest absolute Gasteiger partial charge is 0.243 e. The SMILES string of the molecule is COc1cccc(-c2ccc(S(=O)(=O)N3CCCN(C(C)=O)CC3)cc2C)c1. The van der Waals surface area contributed by atoms with E-state index in [2.05, 4.69) is 0 Å². The van der Waals surface area contributed by atoms with Gasteiger partial charge in [0.15, 0.2) is 0 Å². The van der Waals surface area contributed by atoms with Crippen LogP contribution in [0, 0.1) is 6.92 Å². The molecule has 0 radical (unpaired) electrons. The van der Waals surface area contributed by atoms with Gasteiger partial charge in [0, 0.05) is 33.1 Å². The van der Waals surface area contributed by atoms with Gasteiger partial charge in [0.05, 0.1) is 12.0 Å². The van der Waals surface area contributed by atoms with Crippen LogP contribution < -0.4 is 4.74 Å². The summed E-state index contributed by atoms with van der Waals surface area (Å²) in [7, 11) is -1.98. The lowest BCUT2D eigenvalue weighted by Crippen LogP contribution is -2.36. The van der Waals surface area contributed by atoms with Gasteiger partial charge in [0.25, 0.3) is 0 Å². The Balaban J connectivity index is 1.87. The van der Waals surface area contributed by atoms with Crippen LogP contribution in [0.4, 0.5) is 0 Å². The van der Waals surface area contributed by atoms with E-state index in [1.807, 2.05) is 37.3 Å².